The van der Waals surface area contributed by atoms with Crippen LogP contribution in [0.3, 0.4) is 0 Å². The number of nitrogens with one attached hydrogen (secondary N) is 1. The van der Waals surface area contributed by atoms with Crippen LogP contribution >= 0.6 is 11.3 Å². The number of nitrogens with two attached hydrogens (primary N) is 1. The van der Waals surface area contributed by atoms with Crippen molar-refractivity contribution in [2.45, 2.75) is 89.7 Å². The van der Waals surface area contributed by atoms with Crippen LogP contribution in [-0.2, 0) is 44.9 Å². The third-order valence-corrected chi connectivity index (χ3v) is 12.6. The Labute approximate surface area is 342 Å². The van der Waals surface area contributed by atoms with Gasteiger partial charge in [0.25, 0.3) is 11.8 Å². The minimum Gasteiger partial charge on any atom is -0.464 e. The Morgan fingerprint density at radius 2 is 1.86 bits per heavy atom. The lowest BCUT2D eigenvalue weighted by Gasteiger charge is -2.36. The van der Waals surface area contributed by atoms with Crippen molar-refractivity contribution in [1.82, 2.24) is 29.9 Å². The summed E-state index contributed by atoms with van der Waals surface area (Å²) < 4.78 is 85.4. The van der Waals surface area contributed by atoms with Gasteiger partial charge < -0.3 is 24.7 Å². The number of thiazole rings is 1. The Balaban J connectivity index is 1.30. The van der Waals surface area contributed by atoms with E-state index >= 15 is 8.78 Å². The summed E-state index contributed by atoms with van der Waals surface area (Å²) in [6.07, 6.45) is -2.21. The predicted octanol–water partition coefficient (Wildman–Crippen LogP) is 5.90. The van der Waals surface area contributed by atoms with E-state index in [4.69, 9.17) is 25.2 Å². The molecular formula is C41H49F5N8O4S. The molecule has 18 heteroatoms. The number of ether oxygens (including phenoxy) is 2. The summed E-state index contributed by atoms with van der Waals surface area (Å²) in [5, 5.41) is 4.59. The summed E-state index contributed by atoms with van der Waals surface area (Å²) in [7, 11) is 1.55. The molecule has 1 aromatic carbocycles. The van der Waals surface area contributed by atoms with Gasteiger partial charge in [-0.2, -0.15) is 13.2 Å². The number of piperazine rings is 1. The number of carbonyl (C=O) groups is 2. The molecule has 12 nitrogen and oxygen atoms in total. The molecule has 4 aliphatic rings. The molecule has 0 aliphatic carbocycles. The lowest BCUT2D eigenvalue weighted by Crippen LogP contribution is -2.59. The van der Waals surface area contributed by atoms with Gasteiger partial charge in [0.15, 0.2) is 0 Å². The first-order valence-corrected chi connectivity index (χ1v) is 20.8. The first-order chi connectivity index (χ1) is 27.9. The molecule has 4 aliphatic heterocycles. The fourth-order valence-corrected chi connectivity index (χ4v) is 9.71. The quantitative estimate of drug-likeness (QED) is 0.185. The Kier molecular flexibility index (Phi) is 11.0. The molecule has 6 bridgehead atoms. The number of alkyl halides is 5. The maximum absolute atomic E-state index is 16.1. The van der Waals surface area contributed by atoms with Crippen molar-refractivity contribution in [1.29, 1.82) is 0 Å². The summed E-state index contributed by atoms with van der Waals surface area (Å²) in [5.41, 5.74) is 14.0. The minimum atomic E-state index is -4.31. The molecule has 0 unspecified atom stereocenters. The van der Waals surface area contributed by atoms with Gasteiger partial charge in [-0.15, -0.1) is 11.3 Å². The number of cyclic esters (lactones) is 1. The number of anilines is 1. The number of carbonyl (C=O) groups excluding carboxylic acids is 2. The number of esters is 1. The van der Waals surface area contributed by atoms with E-state index in [0.717, 1.165) is 10.9 Å². The lowest BCUT2D eigenvalue weighted by molar-refractivity contribution is -0.155. The highest BCUT2D eigenvalue weighted by Crippen LogP contribution is 2.47. The number of nitrogens with zero attached hydrogens (tertiary/aromatic N) is 6. The highest BCUT2D eigenvalue weighted by molar-refractivity contribution is 7.10. The minimum absolute atomic E-state index is 0.0104. The molecule has 318 valence electrons. The van der Waals surface area contributed by atoms with Crippen molar-refractivity contribution in [3.63, 3.8) is 0 Å². The third kappa shape index (κ3) is 8.56. The molecule has 8 rings (SSSR count). The molecule has 7 heterocycles. The monoisotopic (exact) mass is 844 g/mol. The maximum atomic E-state index is 16.1. The van der Waals surface area contributed by atoms with Gasteiger partial charge >= 0.3 is 12.1 Å². The van der Waals surface area contributed by atoms with Gasteiger partial charge in [0.1, 0.15) is 6.04 Å². The lowest BCUT2D eigenvalue weighted by atomic mass is 9.84. The molecule has 2 saturated heterocycles. The summed E-state index contributed by atoms with van der Waals surface area (Å²) in [6, 6.07) is 3.94. The number of hydrazine groups is 1. The molecule has 1 amide bonds. The van der Waals surface area contributed by atoms with Crippen LogP contribution in [0.4, 0.5) is 27.6 Å². The average Bonchev–Trinajstić information content (AvgIpc) is 3.77. The average molecular weight is 845 g/mol. The Bertz CT molecular complexity index is 2250. The van der Waals surface area contributed by atoms with Crippen molar-refractivity contribution < 1.29 is 41.0 Å². The second-order valence-corrected chi connectivity index (χ2v) is 18.0. The zero-order chi connectivity index (χ0) is 42.0. The molecular weight excluding hydrogens is 796 g/mol. The molecule has 0 saturated carbocycles. The number of rotatable bonds is 5. The number of fused-ring (bicyclic) bond motifs is 6. The molecule has 2 fully saturated rings. The number of halogens is 5. The molecule has 3 atom stereocenters. The Hall–Kier alpha value is -4.23. The molecule has 0 spiro atoms. The van der Waals surface area contributed by atoms with Gasteiger partial charge in [-0.25, -0.2) is 19.2 Å². The first kappa shape index (κ1) is 41.5. The third-order valence-electron chi connectivity index (χ3n) is 11.8. The van der Waals surface area contributed by atoms with Crippen LogP contribution in [0, 0.1) is 5.41 Å². The van der Waals surface area contributed by atoms with Gasteiger partial charge in [0.2, 0.25) is 0 Å². The van der Waals surface area contributed by atoms with Crippen LogP contribution in [0.15, 0.2) is 29.8 Å². The second kappa shape index (κ2) is 15.7. The summed E-state index contributed by atoms with van der Waals surface area (Å²) in [5.74, 6) is -4.00. The number of pyridine rings is 1. The van der Waals surface area contributed by atoms with Crippen molar-refractivity contribution >= 4 is 39.8 Å². The van der Waals surface area contributed by atoms with Crippen LogP contribution in [0.5, 0.6) is 0 Å². The predicted molar refractivity (Wildman–Crippen MR) is 213 cm³/mol. The topological polar surface area (TPSA) is 131 Å². The Morgan fingerprint density at radius 3 is 2.59 bits per heavy atom. The fourth-order valence-electron chi connectivity index (χ4n) is 8.84. The second-order valence-electron chi connectivity index (χ2n) is 17.1. The highest BCUT2D eigenvalue weighted by atomic mass is 32.1. The number of amides is 1. The van der Waals surface area contributed by atoms with Gasteiger partial charge in [-0.3, -0.25) is 24.5 Å². The standard InChI is InChI=1S/C41H49F5N8O4S/c1-23(57-4)34-28(14-26(18-48-34)52-10-8-51(9-11-52)21-41(44,45)46)36-29-17-39(2,3)22-58-38(56)31-6-5-7-54(50-31)37(55)30(47)15-33-49-32(19-59-33)24-12-25-16-40(42,43)20-53(36)35(25)27(29)13-24/h12-14,18-19,23,30-31,50H,5-11,15-17,20-22,47H2,1-4H3/t23-,30-,31-/m0/s1. The maximum Gasteiger partial charge on any atom is 0.401 e. The van der Waals surface area contributed by atoms with Crippen molar-refractivity contribution in [2.24, 2.45) is 11.1 Å². The first-order valence-electron chi connectivity index (χ1n) is 20.0. The zero-order valence-corrected chi connectivity index (χ0v) is 34.3. The molecule has 3 N–H and O–H groups in total. The zero-order valence-electron chi connectivity index (χ0n) is 33.5. The molecule has 4 aromatic rings. The van der Waals surface area contributed by atoms with E-state index in [1.54, 1.807) is 23.9 Å². The van der Waals surface area contributed by atoms with E-state index in [1.165, 1.54) is 21.2 Å². The van der Waals surface area contributed by atoms with Crippen molar-refractivity contribution in [2.75, 3.05) is 57.9 Å². The SMILES string of the molecule is CO[C@@H](C)c1ncc(N2CCN(CC(F)(F)F)CC2)cc1-c1c2c3cc(cc4c3n1CC(F)(F)C4)-c1csc(n1)C[C@H](N)C(=O)N1CCC[C@H](N1)C(=O)OCC(C)(C)C2. The van der Waals surface area contributed by atoms with E-state index in [9.17, 15) is 22.8 Å². The summed E-state index contributed by atoms with van der Waals surface area (Å²) >= 11 is 1.33. The van der Waals surface area contributed by atoms with Gasteiger partial charge in [0.05, 0.1) is 71.3 Å². The number of benzene rings is 1. The van der Waals surface area contributed by atoms with E-state index in [-0.39, 0.29) is 32.0 Å². The van der Waals surface area contributed by atoms with Crippen molar-refractivity contribution in [3.8, 4) is 22.5 Å². The largest absolute Gasteiger partial charge is 0.464 e. The van der Waals surface area contributed by atoms with E-state index in [2.05, 4.69) is 5.43 Å². The van der Waals surface area contributed by atoms with Crippen LogP contribution in [-0.4, -0.2) is 113 Å². The number of aromatic nitrogens is 3. The van der Waals surface area contributed by atoms with Gasteiger partial charge in [0, 0.05) is 80.0 Å². The Morgan fingerprint density at radius 1 is 1.10 bits per heavy atom. The van der Waals surface area contributed by atoms with Gasteiger partial charge in [-0.05, 0) is 55.5 Å². The van der Waals surface area contributed by atoms with Crippen LogP contribution < -0.4 is 16.1 Å². The van der Waals surface area contributed by atoms with Gasteiger partial charge in [-0.1, -0.05) is 13.8 Å². The van der Waals surface area contributed by atoms with Crippen LogP contribution in [0.2, 0.25) is 0 Å². The van der Waals surface area contributed by atoms with E-state index in [1.807, 2.05) is 43.2 Å². The van der Waals surface area contributed by atoms with Crippen LogP contribution in [0.25, 0.3) is 33.4 Å². The van der Waals surface area contributed by atoms with Crippen LogP contribution in [0.1, 0.15) is 61.5 Å². The molecule has 59 heavy (non-hydrogen) atoms. The fraction of sp³-hybridized carbons (Fsp3) is 0.561. The highest BCUT2D eigenvalue weighted by Gasteiger charge is 2.41. The normalized spacial score (nSPS) is 23.3. The molecule has 0 radical (unpaired) electrons. The number of methoxy groups -OCH3 is 1. The van der Waals surface area contributed by atoms with Crippen molar-refractivity contribution in [3.05, 3.63) is 51.6 Å². The molecule has 3 aromatic heterocycles. The smallest absolute Gasteiger partial charge is 0.401 e. The summed E-state index contributed by atoms with van der Waals surface area (Å²) in [6.45, 7) is 5.53. The van der Waals surface area contributed by atoms with E-state index < -0.39 is 61.2 Å². The summed E-state index contributed by atoms with van der Waals surface area (Å²) in [4.78, 5) is 40.0. The van der Waals surface area contributed by atoms with E-state index in [0.29, 0.717) is 88.9 Å². The number of hydrogen-bond donors (Lipinski definition) is 2. The number of hydrogen-bond acceptors (Lipinski definition) is 11.